The van der Waals surface area contributed by atoms with Gasteiger partial charge >= 0.3 is 0 Å². The van der Waals surface area contributed by atoms with Crippen LogP contribution in [0.5, 0.6) is 0 Å². The molecule has 1 heterocycles. The Kier molecular flexibility index (Phi) is 9.11. The van der Waals surface area contributed by atoms with E-state index in [2.05, 4.69) is 254 Å². The lowest BCUT2D eigenvalue weighted by Gasteiger charge is -2.27. The molecule has 308 valence electrons. The summed E-state index contributed by atoms with van der Waals surface area (Å²) in [5, 5.41) is 12.6. The van der Waals surface area contributed by atoms with E-state index in [0.717, 1.165) is 17.1 Å². The van der Waals surface area contributed by atoms with Crippen LogP contribution in [-0.2, 0) is 0 Å². The van der Waals surface area contributed by atoms with Crippen molar-refractivity contribution in [2.24, 2.45) is 0 Å². The van der Waals surface area contributed by atoms with Gasteiger partial charge in [0.15, 0.2) is 0 Å². The quantitative estimate of drug-likeness (QED) is 0.144. The van der Waals surface area contributed by atoms with Crippen molar-refractivity contribution in [3.8, 4) is 44.5 Å². The van der Waals surface area contributed by atoms with Crippen molar-refractivity contribution in [1.29, 1.82) is 0 Å². The molecule has 0 aliphatic carbocycles. The number of hydrogen-bond donors (Lipinski definition) is 0. The highest BCUT2D eigenvalue weighted by molar-refractivity contribution is 7.26. The summed E-state index contributed by atoms with van der Waals surface area (Å²) in [6, 6.07) is 91.5. The second-order valence-electron chi connectivity index (χ2n) is 17.2. The van der Waals surface area contributed by atoms with Gasteiger partial charge in [-0.1, -0.05) is 206 Å². The van der Waals surface area contributed by atoms with Crippen LogP contribution >= 0.6 is 11.3 Å². The maximum Gasteiger partial charge on any atom is 0.0468 e. The van der Waals surface area contributed by atoms with E-state index in [1.54, 1.807) is 0 Å². The van der Waals surface area contributed by atoms with Crippen LogP contribution in [0.3, 0.4) is 0 Å². The normalized spacial score (nSPS) is 11.6. The van der Waals surface area contributed by atoms with Gasteiger partial charge in [-0.25, -0.2) is 0 Å². The molecule has 0 atom stereocenters. The molecular weight excluding hydrogens is 815 g/mol. The van der Waals surface area contributed by atoms with Crippen molar-refractivity contribution < 1.29 is 0 Å². The summed E-state index contributed by atoms with van der Waals surface area (Å²) in [6.45, 7) is 0. The van der Waals surface area contributed by atoms with Crippen molar-refractivity contribution in [3.05, 3.63) is 249 Å². The van der Waals surface area contributed by atoms with Crippen molar-refractivity contribution in [2.75, 3.05) is 4.90 Å². The maximum absolute atomic E-state index is 2.43. The number of anilines is 3. The molecule has 0 aliphatic heterocycles. The number of benzene rings is 12. The zero-order chi connectivity index (χ0) is 43.6. The largest absolute Gasteiger partial charge is 0.310 e. The van der Waals surface area contributed by atoms with E-state index in [1.807, 2.05) is 11.3 Å². The standard InChI is InChI=1S/C64H41NS/c1-3-16-45(17-4-1)62-58-23-10-9-21-54(58)56-40-38-49(41-60(56)63(62)46-18-5-2-6-19-46)65(48-36-31-44(32-37-48)52-25-14-27-59-57-22-11-12-28-61(57)66-64(52)59)47-34-29-43(30-35-47)51-24-13-26-53-50-20-8-7-15-42(50)33-39-55(51)53/h1-41H. The summed E-state index contributed by atoms with van der Waals surface area (Å²) in [5.41, 5.74) is 13.1. The van der Waals surface area contributed by atoms with Gasteiger partial charge in [0.2, 0.25) is 0 Å². The summed E-state index contributed by atoms with van der Waals surface area (Å²) in [4.78, 5) is 2.43. The highest BCUT2D eigenvalue weighted by atomic mass is 32.1. The Bertz CT molecular complexity index is 3960. The van der Waals surface area contributed by atoms with Gasteiger partial charge in [-0.2, -0.15) is 0 Å². The summed E-state index contributed by atoms with van der Waals surface area (Å²) in [6.07, 6.45) is 0. The smallest absolute Gasteiger partial charge is 0.0468 e. The minimum absolute atomic E-state index is 1.09. The van der Waals surface area contributed by atoms with E-state index in [0.29, 0.717) is 0 Å². The lowest BCUT2D eigenvalue weighted by atomic mass is 9.85. The molecule has 13 aromatic rings. The summed E-state index contributed by atoms with van der Waals surface area (Å²) in [7, 11) is 0. The Morgan fingerprint density at radius 3 is 1.45 bits per heavy atom. The van der Waals surface area contributed by atoms with Gasteiger partial charge in [-0.15, -0.1) is 11.3 Å². The average molecular weight is 856 g/mol. The van der Waals surface area contributed by atoms with Gasteiger partial charge < -0.3 is 4.90 Å². The van der Waals surface area contributed by atoms with Crippen LogP contribution in [0.15, 0.2) is 249 Å². The number of rotatable bonds is 7. The third kappa shape index (κ3) is 6.30. The van der Waals surface area contributed by atoms with E-state index in [-0.39, 0.29) is 0 Å². The molecule has 0 spiro atoms. The fourth-order valence-corrected chi connectivity index (χ4v) is 11.7. The van der Waals surface area contributed by atoms with Crippen LogP contribution < -0.4 is 4.90 Å². The third-order valence-corrected chi connectivity index (χ3v) is 14.7. The van der Waals surface area contributed by atoms with Gasteiger partial charge in [-0.05, 0) is 130 Å². The molecular formula is C64H41NS. The highest BCUT2D eigenvalue weighted by Crippen LogP contribution is 2.48. The maximum atomic E-state index is 2.43. The minimum Gasteiger partial charge on any atom is -0.310 e. The summed E-state index contributed by atoms with van der Waals surface area (Å²) in [5.74, 6) is 0. The zero-order valence-electron chi connectivity index (χ0n) is 36.0. The highest BCUT2D eigenvalue weighted by Gasteiger charge is 2.21. The monoisotopic (exact) mass is 855 g/mol. The molecule has 0 saturated carbocycles. The van der Waals surface area contributed by atoms with Gasteiger partial charge in [-0.3, -0.25) is 0 Å². The topological polar surface area (TPSA) is 3.24 Å². The summed E-state index contributed by atoms with van der Waals surface area (Å²) >= 11 is 1.88. The Hall–Kier alpha value is -8.30. The van der Waals surface area contributed by atoms with Crippen molar-refractivity contribution in [3.63, 3.8) is 0 Å². The van der Waals surface area contributed by atoms with Crippen molar-refractivity contribution in [2.45, 2.75) is 0 Å². The average Bonchev–Trinajstić information content (AvgIpc) is 3.78. The van der Waals surface area contributed by atoms with Crippen LogP contribution in [0.4, 0.5) is 17.1 Å². The lowest BCUT2D eigenvalue weighted by Crippen LogP contribution is -2.10. The molecule has 0 aliphatic rings. The first-order valence-corrected chi connectivity index (χ1v) is 23.5. The Morgan fingerprint density at radius 1 is 0.258 bits per heavy atom. The molecule has 66 heavy (non-hydrogen) atoms. The van der Waals surface area contributed by atoms with Crippen LogP contribution in [0.25, 0.3) is 108 Å². The van der Waals surface area contributed by atoms with Crippen LogP contribution in [0, 0.1) is 0 Å². The Balaban J connectivity index is 1.01. The second kappa shape index (κ2) is 15.7. The first kappa shape index (κ1) is 38.2. The van der Waals surface area contributed by atoms with Gasteiger partial charge in [0.05, 0.1) is 0 Å². The molecule has 0 bridgehead atoms. The number of fused-ring (bicyclic) bond motifs is 9. The predicted molar refractivity (Wildman–Crippen MR) is 286 cm³/mol. The number of thiophene rings is 1. The fraction of sp³-hybridized carbons (Fsp3) is 0. The first-order valence-electron chi connectivity index (χ1n) is 22.7. The van der Waals surface area contributed by atoms with Crippen molar-refractivity contribution >= 4 is 91.7 Å². The zero-order valence-corrected chi connectivity index (χ0v) is 36.8. The Morgan fingerprint density at radius 2 is 0.742 bits per heavy atom. The summed E-state index contributed by atoms with van der Waals surface area (Å²) < 4.78 is 2.64. The van der Waals surface area contributed by atoms with Crippen LogP contribution in [-0.4, -0.2) is 0 Å². The molecule has 13 rings (SSSR count). The minimum atomic E-state index is 1.09. The first-order chi connectivity index (χ1) is 32.7. The second-order valence-corrected chi connectivity index (χ2v) is 18.2. The van der Waals surface area contributed by atoms with E-state index >= 15 is 0 Å². The van der Waals surface area contributed by atoms with Crippen LogP contribution in [0.1, 0.15) is 0 Å². The molecule has 1 nitrogen and oxygen atoms in total. The van der Waals surface area contributed by atoms with Gasteiger partial charge in [0.1, 0.15) is 0 Å². The molecule has 2 heteroatoms. The van der Waals surface area contributed by atoms with E-state index < -0.39 is 0 Å². The molecule has 0 N–H and O–H groups in total. The molecule has 1 aromatic heterocycles. The Labute approximate surface area is 387 Å². The third-order valence-electron chi connectivity index (χ3n) is 13.5. The molecule has 12 aromatic carbocycles. The fourth-order valence-electron chi connectivity index (χ4n) is 10.4. The van der Waals surface area contributed by atoms with Crippen LogP contribution in [0.2, 0.25) is 0 Å². The van der Waals surface area contributed by atoms with E-state index in [9.17, 15) is 0 Å². The van der Waals surface area contributed by atoms with Gasteiger partial charge in [0.25, 0.3) is 0 Å². The molecule has 0 saturated heterocycles. The predicted octanol–water partition coefficient (Wildman–Crippen LogP) is 18.8. The molecule has 0 amide bonds. The van der Waals surface area contributed by atoms with Gasteiger partial charge in [0, 0.05) is 37.2 Å². The SMILES string of the molecule is c1ccc(-c2c(-c3ccccc3)c3cc(N(c4ccc(-c5cccc6c5ccc5ccccc56)cc4)c4ccc(-c5cccc6c5sc5ccccc56)cc4)ccc3c3ccccc23)cc1. The van der Waals surface area contributed by atoms with Crippen molar-refractivity contribution in [1.82, 2.24) is 0 Å². The van der Waals surface area contributed by atoms with E-state index in [4.69, 9.17) is 0 Å². The molecule has 0 radical (unpaired) electrons. The molecule has 0 unspecified atom stereocenters. The lowest BCUT2D eigenvalue weighted by molar-refractivity contribution is 1.29. The number of nitrogens with zero attached hydrogens (tertiary/aromatic N) is 1. The van der Waals surface area contributed by atoms with E-state index in [1.165, 1.54) is 108 Å². The molecule has 0 fully saturated rings. The number of hydrogen-bond acceptors (Lipinski definition) is 2.